The quantitative estimate of drug-likeness (QED) is 0.813. The summed E-state index contributed by atoms with van der Waals surface area (Å²) in [5.41, 5.74) is 6.57. The Labute approximate surface area is 100 Å². The van der Waals surface area contributed by atoms with Crippen LogP contribution in [0.2, 0.25) is 0 Å². The average Bonchev–Trinajstić information content (AvgIpc) is 3.13. The molecule has 2 saturated carbocycles. The molecule has 92 valence electrons. The lowest BCUT2D eigenvalue weighted by Gasteiger charge is -2.16. The van der Waals surface area contributed by atoms with Gasteiger partial charge < -0.3 is 11.1 Å². The lowest BCUT2D eigenvalue weighted by atomic mass is 10.1. The van der Waals surface area contributed by atoms with Gasteiger partial charge in [-0.15, -0.1) is 0 Å². The number of aryl methyl sites for hydroxylation is 1. The summed E-state index contributed by atoms with van der Waals surface area (Å²) in [5, 5.41) is 7.22. The minimum absolute atomic E-state index is 0.119. The first-order chi connectivity index (χ1) is 8.15. The second-order valence-corrected chi connectivity index (χ2v) is 5.28. The summed E-state index contributed by atoms with van der Waals surface area (Å²) in [6.07, 6.45) is 6.66. The maximum atomic E-state index is 12.1. The van der Waals surface area contributed by atoms with Crippen LogP contribution in [0.3, 0.4) is 0 Å². The van der Waals surface area contributed by atoms with Crippen LogP contribution in [0, 0.1) is 11.8 Å². The van der Waals surface area contributed by atoms with E-state index in [1.165, 1.54) is 25.7 Å². The van der Waals surface area contributed by atoms with Crippen molar-refractivity contribution in [1.82, 2.24) is 15.1 Å². The molecule has 2 fully saturated rings. The van der Waals surface area contributed by atoms with Crippen LogP contribution >= 0.6 is 0 Å². The molecule has 5 nitrogen and oxygen atoms in total. The van der Waals surface area contributed by atoms with Gasteiger partial charge in [-0.05, 0) is 37.5 Å². The molecule has 2 aliphatic carbocycles. The number of nitrogens with two attached hydrogens (primary N) is 1. The van der Waals surface area contributed by atoms with Crippen LogP contribution in [0.15, 0.2) is 6.20 Å². The van der Waals surface area contributed by atoms with Gasteiger partial charge in [0.2, 0.25) is 0 Å². The Morgan fingerprint density at radius 2 is 2.06 bits per heavy atom. The molecule has 1 aromatic rings. The Bertz CT molecular complexity index is 433. The molecule has 1 heterocycles. The van der Waals surface area contributed by atoms with Gasteiger partial charge in [0.05, 0.1) is 5.69 Å². The highest BCUT2D eigenvalue weighted by Crippen LogP contribution is 2.44. The summed E-state index contributed by atoms with van der Waals surface area (Å²) >= 11 is 0. The SMILES string of the molecule is Cn1cc(N)c(C(=O)NC(C2CC2)C2CC2)n1. The van der Waals surface area contributed by atoms with Gasteiger partial charge in [-0.2, -0.15) is 5.10 Å². The molecule has 0 atom stereocenters. The fourth-order valence-corrected chi connectivity index (χ4v) is 2.43. The highest BCUT2D eigenvalue weighted by molar-refractivity contribution is 5.97. The summed E-state index contributed by atoms with van der Waals surface area (Å²) in [5.74, 6) is 1.26. The molecule has 3 rings (SSSR count). The van der Waals surface area contributed by atoms with Gasteiger partial charge in [0.25, 0.3) is 5.91 Å². The molecule has 0 aliphatic heterocycles. The predicted molar refractivity (Wildman–Crippen MR) is 64.3 cm³/mol. The Hall–Kier alpha value is -1.52. The van der Waals surface area contributed by atoms with Crippen LogP contribution < -0.4 is 11.1 Å². The summed E-state index contributed by atoms with van der Waals surface area (Å²) < 4.78 is 1.58. The number of amides is 1. The molecule has 0 unspecified atom stereocenters. The van der Waals surface area contributed by atoms with E-state index in [0.29, 0.717) is 29.3 Å². The second kappa shape index (κ2) is 3.75. The lowest BCUT2D eigenvalue weighted by Crippen LogP contribution is -2.38. The van der Waals surface area contributed by atoms with Crippen LogP contribution in [-0.4, -0.2) is 21.7 Å². The number of hydrogen-bond donors (Lipinski definition) is 2. The third-order valence-corrected chi connectivity index (χ3v) is 3.63. The predicted octanol–water partition coefficient (Wildman–Crippen LogP) is 0.921. The molecule has 0 radical (unpaired) electrons. The first-order valence-electron chi connectivity index (χ1n) is 6.25. The third kappa shape index (κ3) is 2.14. The molecule has 1 amide bonds. The molecule has 0 aromatic carbocycles. The number of rotatable bonds is 4. The van der Waals surface area contributed by atoms with Crippen molar-refractivity contribution in [2.24, 2.45) is 18.9 Å². The van der Waals surface area contributed by atoms with Crippen LogP contribution in [0.1, 0.15) is 36.2 Å². The van der Waals surface area contributed by atoms with Crippen molar-refractivity contribution < 1.29 is 4.79 Å². The average molecular weight is 234 g/mol. The highest BCUT2D eigenvalue weighted by Gasteiger charge is 2.42. The van der Waals surface area contributed by atoms with Crippen molar-refractivity contribution in [3.63, 3.8) is 0 Å². The van der Waals surface area contributed by atoms with Gasteiger partial charge in [-0.3, -0.25) is 9.48 Å². The van der Waals surface area contributed by atoms with E-state index in [-0.39, 0.29) is 5.91 Å². The summed E-state index contributed by atoms with van der Waals surface area (Å²) in [7, 11) is 1.77. The second-order valence-electron chi connectivity index (χ2n) is 5.28. The largest absolute Gasteiger partial charge is 0.396 e. The Morgan fingerprint density at radius 1 is 1.47 bits per heavy atom. The highest BCUT2D eigenvalue weighted by atomic mass is 16.2. The topological polar surface area (TPSA) is 72.9 Å². The zero-order chi connectivity index (χ0) is 12.0. The minimum atomic E-state index is -0.119. The van der Waals surface area contributed by atoms with Gasteiger partial charge >= 0.3 is 0 Å². The van der Waals surface area contributed by atoms with Crippen molar-refractivity contribution in [2.75, 3.05) is 5.73 Å². The van der Waals surface area contributed by atoms with E-state index in [9.17, 15) is 4.79 Å². The standard InChI is InChI=1S/C12H18N4O/c1-16-6-9(13)11(15-16)12(17)14-10(7-2-3-7)8-4-5-8/h6-8,10H,2-5,13H2,1H3,(H,14,17). The number of hydrogen-bond acceptors (Lipinski definition) is 3. The van der Waals surface area contributed by atoms with Gasteiger partial charge in [-0.25, -0.2) is 0 Å². The fourth-order valence-electron chi connectivity index (χ4n) is 2.43. The summed E-state index contributed by atoms with van der Waals surface area (Å²) in [4.78, 5) is 12.1. The number of carbonyl (C=O) groups is 1. The van der Waals surface area contributed by atoms with E-state index >= 15 is 0 Å². The van der Waals surface area contributed by atoms with Gasteiger partial charge in [-0.1, -0.05) is 0 Å². The molecule has 3 N–H and O–H groups in total. The number of nitrogens with zero attached hydrogens (tertiary/aromatic N) is 2. The molecule has 0 spiro atoms. The molecule has 5 heteroatoms. The molecular formula is C12H18N4O. The van der Waals surface area contributed by atoms with Crippen LogP contribution in [-0.2, 0) is 7.05 Å². The summed E-state index contributed by atoms with van der Waals surface area (Å²) in [6.45, 7) is 0. The minimum Gasteiger partial charge on any atom is -0.396 e. The molecular weight excluding hydrogens is 216 g/mol. The Morgan fingerprint density at radius 3 is 2.47 bits per heavy atom. The lowest BCUT2D eigenvalue weighted by molar-refractivity contribution is 0.0921. The molecule has 0 saturated heterocycles. The normalized spacial score (nSPS) is 19.6. The third-order valence-electron chi connectivity index (χ3n) is 3.63. The first-order valence-corrected chi connectivity index (χ1v) is 6.25. The van der Waals surface area contributed by atoms with Crippen LogP contribution in [0.25, 0.3) is 0 Å². The van der Waals surface area contributed by atoms with E-state index < -0.39 is 0 Å². The van der Waals surface area contributed by atoms with Crippen molar-refractivity contribution in [2.45, 2.75) is 31.7 Å². The van der Waals surface area contributed by atoms with Crippen molar-refractivity contribution in [1.29, 1.82) is 0 Å². The van der Waals surface area contributed by atoms with Gasteiger partial charge in [0.15, 0.2) is 5.69 Å². The van der Waals surface area contributed by atoms with Crippen LogP contribution in [0.4, 0.5) is 5.69 Å². The maximum Gasteiger partial charge on any atom is 0.274 e. The zero-order valence-corrected chi connectivity index (χ0v) is 10.0. The van der Waals surface area contributed by atoms with Gasteiger partial charge in [0, 0.05) is 19.3 Å². The number of nitrogen functional groups attached to an aromatic ring is 1. The van der Waals surface area contributed by atoms with Gasteiger partial charge in [0.1, 0.15) is 0 Å². The van der Waals surface area contributed by atoms with E-state index in [1.54, 1.807) is 17.9 Å². The molecule has 2 aliphatic rings. The first kappa shape index (κ1) is 10.6. The molecule has 1 aromatic heterocycles. The monoisotopic (exact) mass is 234 g/mol. The van der Waals surface area contributed by atoms with E-state index in [2.05, 4.69) is 10.4 Å². The number of nitrogens with one attached hydrogen (secondary N) is 1. The zero-order valence-electron chi connectivity index (χ0n) is 10.0. The Balaban J connectivity index is 1.71. The number of anilines is 1. The molecule has 17 heavy (non-hydrogen) atoms. The fraction of sp³-hybridized carbons (Fsp3) is 0.667. The van der Waals surface area contributed by atoms with Crippen molar-refractivity contribution in [3.05, 3.63) is 11.9 Å². The number of carbonyl (C=O) groups excluding carboxylic acids is 1. The van der Waals surface area contributed by atoms with E-state index in [4.69, 9.17) is 5.73 Å². The number of aromatic nitrogens is 2. The van der Waals surface area contributed by atoms with Crippen molar-refractivity contribution in [3.8, 4) is 0 Å². The summed E-state index contributed by atoms with van der Waals surface area (Å²) in [6, 6.07) is 0.351. The smallest absolute Gasteiger partial charge is 0.274 e. The van der Waals surface area contributed by atoms with E-state index in [1.807, 2.05) is 0 Å². The molecule has 0 bridgehead atoms. The maximum absolute atomic E-state index is 12.1. The van der Waals surface area contributed by atoms with Crippen LogP contribution in [0.5, 0.6) is 0 Å². The van der Waals surface area contributed by atoms with Crippen molar-refractivity contribution >= 4 is 11.6 Å². The van der Waals surface area contributed by atoms with E-state index in [0.717, 1.165) is 0 Å². The Kier molecular flexibility index (Phi) is 2.34.